The third kappa shape index (κ3) is 6.02. The maximum Gasteiger partial charge on any atom is 0.185 e. The minimum Gasteiger partial charge on any atom is -0.401 e. The molecule has 1 aliphatic heterocycles. The van der Waals surface area contributed by atoms with Crippen molar-refractivity contribution in [1.29, 1.82) is 5.26 Å². The summed E-state index contributed by atoms with van der Waals surface area (Å²) in [5.74, 6) is -0.0653. The summed E-state index contributed by atoms with van der Waals surface area (Å²) in [6.07, 6.45) is 4.82. The maximum absolute atomic E-state index is 11.9. The normalized spacial score (nSPS) is 31.4. The second-order valence-corrected chi connectivity index (χ2v) is 8.39. The van der Waals surface area contributed by atoms with Crippen LogP contribution in [0.4, 0.5) is 0 Å². The van der Waals surface area contributed by atoms with E-state index in [1.807, 2.05) is 6.07 Å². The number of Topliss-reactive ketones (excluding diaryl/α,β-unsaturated/α-hetero) is 1. The number of nitrogens with two attached hydrogens (primary N) is 1. The Balaban J connectivity index is 1.65. The largest absolute Gasteiger partial charge is 0.401 e. The molecule has 0 aromatic carbocycles. The smallest absolute Gasteiger partial charge is 0.185 e. The van der Waals surface area contributed by atoms with Gasteiger partial charge in [-0.3, -0.25) is 10.1 Å². The predicted octanol–water partition coefficient (Wildman–Crippen LogP) is 1.07. The summed E-state index contributed by atoms with van der Waals surface area (Å²) in [7, 11) is 0. The van der Waals surface area contributed by atoms with E-state index in [4.69, 9.17) is 15.7 Å². The number of carbonyl (C=O) groups is 1. The Hall–Kier alpha value is -0.630. The van der Waals surface area contributed by atoms with Crippen LogP contribution in [-0.2, 0) is 9.53 Å². The summed E-state index contributed by atoms with van der Waals surface area (Å²) in [5, 5.41) is 12.2. The number of nitriles is 1. The van der Waals surface area contributed by atoms with Crippen LogP contribution < -0.4 is 21.9 Å². The Kier molecular flexibility index (Phi) is 8.00. The Morgan fingerprint density at radius 2 is 2.08 bits per heavy atom. The van der Waals surface area contributed by atoms with Crippen LogP contribution in [0.15, 0.2) is 11.3 Å². The Bertz CT molecular complexity index is 512. The van der Waals surface area contributed by atoms with Gasteiger partial charge < -0.3 is 10.5 Å². The molecule has 5 N–H and O–H groups in total. The first-order chi connectivity index (χ1) is 11.5. The number of rotatable bonds is 7. The number of alkyl halides is 1. The van der Waals surface area contributed by atoms with E-state index < -0.39 is 0 Å². The first-order valence-electron chi connectivity index (χ1n) is 8.03. The molecule has 1 saturated heterocycles. The number of hydrogen-bond donors (Lipinski definition) is 4. The average Bonchev–Trinajstić information content (AvgIpc) is 3.00. The fourth-order valence-corrected chi connectivity index (χ4v) is 4.05. The summed E-state index contributed by atoms with van der Waals surface area (Å²) in [6.45, 7) is 2.13. The van der Waals surface area contributed by atoms with Crippen LogP contribution in [0, 0.1) is 11.3 Å². The van der Waals surface area contributed by atoms with Gasteiger partial charge >= 0.3 is 0 Å². The lowest BCUT2D eigenvalue weighted by Crippen LogP contribution is -2.39. The van der Waals surface area contributed by atoms with Crippen molar-refractivity contribution >= 4 is 33.5 Å². The zero-order valence-electron chi connectivity index (χ0n) is 13.7. The summed E-state index contributed by atoms with van der Waals surface area (Å²) < 4.78 is 5.95. The van der Waals surface area contributed by atoms with Crippen molar-refractivity contribution < 1.29 is 9.53 Å². The minimum atomic E-state index is -0.252. The van der Waals surface area contributed by atoms with Gasteiger partial charge in [-0.15, -0.1) is 11.8 Å². The zero-order valence-corrected chi connectivity index (χ0v) is 16.1. The van der Waals surface area contributed by atoms with Gasteiger partial charge in [0, 0.05) is 10.5 Å². The van der Waals surface area contributed by atoms with E-state index >= 15 is 0 Å². The number of carbonyl (C=O) groups excluding carboxylic acids is 1. The summed E-state index contributed by atoms with van der Waals surface area (Å²) >= 11 is 5.02. The topological polar surface area (TPSA) is 112 Å². The van der Waals surface area contributed by atoms with E-state index in [1.165, 1.54) is 11.8 Å². The van der Waals surface area contributed by atoms with Crippen molar-refractivity contribution in [1.82, 2.24) is 16.2 Å². The molecule has 0 amide bonds. The van der Waals surface area contributed by atoms with Crippen molar-refractivity contribution in [2.45, 2.75) is 55.2 Å². The fraction of sp³-hybridized carbons (Fsp3) is 0.733. The molecular weight excluding hydrogens is 394 g/mol. The lowest BCUT2D eigenvalue weighted by atomic mass is 9.98. The zero-order chi connectivity index (χ0) is 17.5. The first kappa shape index (κ1) is 19.7. The summed E-state index contributed by atoms with van der Waals surface area (Å²) in [5.41, 5.74) is 11.9. The van der Waals surface area contributed by atoms with Crippen LogP contribution in [0.1, 0.15) is 32.6 Å². The summed E-state index contributed by atoms with van der Waals surface area (Å²) in [6, 6.07) is 1.86. The van der Waals surface area contributed by atoms with Gasteiger partial charge in [-0.05, 0) is 32.6 Å². The lowest BCUT2D eigenvalue weighted by Gasteiger charge is -2.26. The predicted molar refractivity (Wildman–Crippen MR) is 97.9 cm³/mol. The second-order valence-electron chi connectivity index (χ2n) is 6.00. The van der Waals surface area contributed by atoms with Crippen LogP contribution in [0.3, 0.4) is 0 Å². The van der Waals surface area contributed by atoms with E-state index in [0.717, 1.165) is 25.7 Å². The molecule has 0 radical (unpaired) electrons. The fourth-order valence-electron chi connectivity index (χ4n) is 2.64. The van der Waals surface area contributed by atoms with Crippen LogP contribution in [0.25, 0.3) is 0 Å². The maximum atomic E-state index is 11.9. The first-order valence-corrected chi connectivity index (χ1v) is 10.00. The van der Waals surface area contributed by atoms with Crippen LogP contribution >= 0.6 is 27.7 Å². The van der Waals surface area contributed by atoms with Crippen LogP contribution in [0.5, 0.6) is 0 Å². The number of nitrogens with zero attached hydrogens (tertiary/aromatic N) is 1. The lowest BCUT2D eigenvalue weighted by molar-refractivity contribution is -0.112. The van der Waals surface area contributed by atoms with Crippen molar-refractivity contribution in [2.24, 2.45) is 5.73 Å². The molecule has 2 atom stereocenters. The molecule has 1 heterocycles. The molecule has 1 aliphatic carbocycles. The van der Waals surface area contributed by atoms with Crippen LogP contribution in [0.2, 0.25) is 0 Å². The number of nitrogens with one attached hydrogen (secondary N) is 3. The standard InChI is InChI=1S/C15H24BrN5O2S/c1-9(18)12(6-17)13(22)8-24-15-19-14(20-21-15)7-23-11-4-2-10(16)3-5-11/h10-11,14-15,19-21H,2-5,7-8,18H2,1H3/b12-9+. The van der Waals surface area contributed by atoms with E-state index in [1.54, 1.807) is 6.92 Å². The van der Waals surface area contributed by atoms with Gasteiger partial charge in [0.2, 0.25) is 0 Å². The molecule has 134 valence electrons. The number of hydrogen-bond acceptors (Lipinski definition) is 8. The number of ketones is 1. The van der Waals surface area contributed by atoms with Crippen molar-refractivity contribution in [3.63, 3.8) is 0 Å². The van der Waals surface area contributed by atoms with Gasteiger partial charge in [-0.1, -0.05) is 15.9 Å². The molecule has 0 aromatic heterocycles. The quantitative estimate of drug-likeness (QED) is 0.276. The van der Waals surface area contributed by atoms with Crippen LogP contribution in [-0.4, -0.2) is 40.7 Å². The highest BCUT2D eigenvalue weighted by atomic mass is 79.9. The van der Waals surface area contributed by atoms with E-state index in [-0.39, 0.29) is 34.5 Å². The number of hydrazine groups is 1. The van der Waals surface area contributed by atoms with Gasteiger partial charge in [-0.2, -0.15) is 5.26 Å². The molecule has 0 aromatic rings. The van der Waals surface area contributed by atoms with Gasteiger partial charge in [-0.25, -0.2) is 10.9 Å². The molecule has 2 unspecified atom stereocenters. The highest BCUT2D eigenvalue weighted by Crippen LogP contribution is 2.26. The molecule has 2 aliphatic rings. The molecule has 24 heavy (non-hydrogen) atoms. The number of allylic oxidation sites excluding steroid dienone is 2. The average molecular weight is 418 g/mol. The number of halogens is 1. The molecule has 2 fully saturated rings. The van der Waals surface area contributed by atoms with E-state index in [0.29, 0.717) is 17.5 Å². The van der Waals surface area contributed by atoms with E-state index in [2.05, 4.69) is 32.1 Å². The molecule has 9 heteroatoms. The number of thioether (sulfide) groups is 1. The molecule has 0 bridgehead atoms. The van der Waals surface area contributed by atoms with Crippen molar-refractivity contribution in [2.75, 3.05) is 12.4 Å². The molecule has 7 nitrogen and oxygen atoms in total. The molecular formula is C15H24BrN5O2S. The third-order valence-electron chi connectivity index (χ3n) is 4.01. The third-order valence-corrected chi connectivity index (χ3v) is 5.94. The summed E-state index contributed by atoms with van der Waals surface area (Å²) in [4.78, 5) is 12.6. The Morgan fingerprint density at radius 3 is 2.71 bits per heavy atom. The van der Waals surface area contributed by atoms with Gasteiger partial charge in [0.05, 0.1) is 24.6 Å². The SMILES string of the molecule is C/C(N)=C(/C#N)C(=O)CSC1NNC(COC2CCC(Br)CC2)N1. The highest BCUT2D eigenvalue weighted by Gasteiger charge is 2.26. The second kappa shape index (κ2) is 9.75. The van der Waals surface area contributed by atoms with Gasteiger partial charge in [0.15, 0.2) is 5.78 Å². The number of ether oxygens (including phenoxy) is 1. The van der Waals surface area contributed by atoms with Crippen molar-refractivity contribution in [3.05, 3.63) is 11.3 Å². The minimum absolute atomic E-state index is 0.00141. The van der Waals surface area contributed by atoms with Gasteiger partial charge in [0.25, 0.3) is 0 Å². The Labute approximate surface area is 155 Å². The molecule has 2 rings (SSSR count). The molecule has 0 spiro atoms. The Morgan fingerprint density at radius 1 is 1.38 bits per heavy atom. The van der Waals surface area contributed by atoms with Crippen molar-refractivity contribution in [3.8, 4) is 6.07 Å². The van der Waals surface area contributed by atoms with Gasteiger partial charge in [0.1, 0.15) is 17.1 Å². The highest BCUT2D eigenvalue weighted by molar-refractivity contribution is 9.09. The van der Waals surface area contributed by atoms with E-state index in [9.17, 15) is 4.79 Å². The molecule has 1 saturated carbocycles. The monoisotopic (exact) mass is 417 g/mol.